The zero-order chi connectivity index (χ0) is 25.3. The average Bonchev–Trinajstić information content (AvgIpc) is 3.55. The molecule has 5 aliphatic heterocycles. The van der Waals surface area contributed by atoms with E-state index in [9.17, 15) is 19.2 Å². The fourth-order valence-corrected chi connectivity index (χ4v) is 6.65. The zero-order valence-electron chi connectivity index (χ0n) is 20.5. The topological polar surface area (TPSA) is 108 Å². The maximum atomic E-state index is 13.2. The Bertz CT molecular complexity index is 1380. The number of hydrogen-bond acceptors (Lipinski definition) is 6. The molecule has 0 bridgehead atoms. The standard InChI is InChI=1S/C28H28N4O5/c33-23-6-5-22(26(35)30-23)32-14-20-18(27(32)36)3-4-21-24(20)37-15-28(21)7-9-31(10-8-28)13-16-1-2-17-12-29-25(34)19(17)11-16/h1-4,11,22H,5-10,12-15H2,(H,29,34)(H,30,33,35). The average molecular weight is 501 g/mol. The lowest BCUT2D eigenvalue weighted by Gasteiger charge is -2.38. The Kier molecular flexibility index (Phi) is 4.95. The summed E-state index contributed by atoms with van der Waals surface area (Å²) in [5.74, 6) is -0.0443. The highest BCUT2D eigenvalue weighted by atomic mass is 16.5. The molecular formula is C28H28N4O5. The monoisotopic (exact) mass is 500 g/mol. The van der Waals surface area contributed by atoms with Gasteiger partial charge in [0.1, 0.15) is 11.8 Å². The molecule has 1 spiro atoms. The summed E-state index contributed by atoms with van der Waals surface area (Å²) in [6.07, 6.45) is 2.50. The quantitative estimate of drug-likeness (QED) is 0.621. The molecule has 2 N–H and O–H groups in total. The van der Waals surface area contributed by atoms with Crippen LogP contribution in [-0.4, -0.2) is 59.2 Å². The summed E-state index contributed by atoms with van der Waals surface area (Å²) in [5, 5.41) is 5.24. The maximum Gasteiger partial charge on any atom is 0.255 e. The van der Waals surface area contributed by atoms with Crippen LogP contribution in [0.1, 0.15) is 68.7 Å². The van der Waals surface area contributed by atoms with Gasteiger partial charge in [-0.1, -0.05) is 18.2 Å². The van der Waals surface area contributed by atoms with Crippen molar-refractivity contribution >= 4 is 23.6 Å². The van der Waals surface area contributed by atoms with Crippen molar-refractivity contribution in [2.75, 3.05) is 19.7 Å². The molecule has 0 radical (unpaired) electrons. The third-order valence-corrected chi connectivity index (χ3v) is 8.81. The Hall–Kier alpha value is -3.72. The molecule has 37 heavy (non-hydrogen) atoms. The molecule has 9 nitrogen and oxygen atoms in total. The summed E-state index contributed by atoms with van der Waals surface area (Å²) in [5.41, 5.74) is 5.55. The fourth-order valence-electron chi connectivity index (χ4n) is 6.65. The number of amides is 4. The second-order valence-electron chi connectivity index (χ2n) is 10.9. The van der Waals surface area contributed by atoms with Gasteiger partial charge in [0, 0.05) is 47.2 Å². The van der Waals surface area contributed by atoms with Gasteiger partial charge in [-0.25, -0.2) is 0 Å². The molecule has 5 aliphatic rings. The van der Waals surface area contributed by atoms with E-state index in [0.717, 1.165) is 66.0 Å². The van der Waals surface area contributed by atoms with Crippen molar-refractivity contribution in [2.45, 2.75) is 56.8 Å². The second-order valence-corrected chi connectivity index (χ2v) is 10.9. The van der Waals surface area contributed by atoms with Gasteiger partial charge in [0.2, 0.25) is 11.8 Å². The molecule has 7 rings (SSSR count). The number of likely N-dealkylation sites (tertiary alicyclic amines) is 1. The lowest BCUT2D eigenvalue weighted by molar-refractivity contribution is -0.136. The van der Waals surface area contributed by atoms with Gasteiger partial charge in [0.25, 0.3) is 11.8 Å². The molecule has 1 atom stereocenters. The van der Waals surface area contributed by atoms with E-state index in [1.54, 1.807) is 4.90 Å². The van der Waals surface area contributed by atoms with E-state index in [4.69, 9.17) is 4.74 Å². The highest BCUT2D eigenvalue weighted by Gasteiger charge is 2.47. The van der Waals surface area contributed by atoms with Crippen LogP contribution in [0.15, 0.2) is 30.3 Å². The first-order valence-electron chi connectivity index (χ1n) is 13.0. The molecule has 2 aromatic carbocycles. The number of nitrogens with zero attached hydrogens (tertiary/aromatic N) is 2. The zero-order valence-corrected chi connectivity index (χ0v) is 20.5. The van der Waals surface area contributed by atoms with E-state index in [1.165, 1.54) is 0 Å². The molecule has 2 saturated heterocycles. The van der Waals surface area contributed by atoms with Gasteiger partial charge in [0.05, 0.1) is 13.2 Å². The molecule has 0 saturated carbocycles. The number of hydrogen-bond donors (Lipinski definition) is 2. The van der Waals surface area contributed by atoms with Crippen LogP contribution in [0.2, 0.25) is 0 Å². The number of carbonyl (C=O) groups excluding carboxylic acids is 4. The van der Waals surface area contributed by atoms with Gasteiger partial charge in [-0.3, -0.25) is 29.4 Å². The van der Waals surface area contributed by atoms with Gasteiger partial charge < -0.3 is 15.0 Å². The number of rotatable bonds is 3. The first-order chi connectivity index (χ1) is 17.9. The van der Waals surface area contributed by atoms with Crippen LogP contribution < -0.4 is 15.4 Å². The van der Waals surface area contributed by atoms with Crippen molar-refractivity contribution in [1.29, 1.82) is 0 Å². The van der Waals surface area contributed by atoms with Crippen LogP contribution in [0.25, 0.3) is 0 Å². The molecule has 5 heterocycles. The Morgan fingerprint density at radius 1 is 1.03 bits per heavy atom. The molecule has 2 aromatic rings. The summed E-state index contributed by atoms with van der Waals surface area (Å²) < 4.78 is 6.28. The van der Waals surface area contributed by atoms with Gasteiger partial charge >= 0.3 is 0 Å². The van der Waals surface area contributed by atoms with Crippen LogP contribution in [0, 0.1) is 0 Å². The molecule has 190 valence electrons. The summed E-state index contributed by atoms with van der Waals surface area (Å²) in [6.45, 7) is 4.19. The number of ether oxygens (including phenoxy) is 1. The molecule has 0 aromatic heterocycles. The Balaban J connectivity index is 1.07. The second kappa shape index (κ2) is 8.14. The number of nitrogens with one attached hydrogen (secondary N) is 2. The molecule has 0 aliphatic carbocycles. The molecule has 2 fully saturated rings. The molecule has 9 heteroatoms. The molecule has 4 amide bonds. The predicted octanol–water partition coefficient (Wildman–Crippen LogP) is 1.62. The van der Waals surface area contributed by atoms with E-state index in [0.29, 0.717) is 31.7 Å². The summed E-state index contributed by atoms with van der Waals surface area (Å²) in [4.78, 5) is 53.2. The van der Waals surface area contributed by atoms with Crippen molar-refractivity contribution in [1.82, 2.24) is 20.4 Å². The number of imide groups is 1. The van der Waals surface area contributed by atoms with Crippen LogP contribution in [0.5, 0.6) is 5.75 Å². The summed E-state index contributed by atoms with van der Waals surface area (Å²) >= 11 is 0. The summed E-state index contributed by atoms with van der Waals surface area (Å²) in [6, 6.07) is 9.49. The van der Waals surface area contributed by atoms with Crippen molar-refractivity contribution in [3.05, 3.63) is 63.7 Å². The van der Waals surface area contributed by atoms with Crippen molar-refractivity contribution in [3.8, 4) is 5.75 Å². The van der Waals surface area contributed by atoms with Crippen LogP contribution >= 0.6 is 0 Å². The lowest BCUT2D eigenvalue weighted by atomic mass is 9.74. The van der Waals surface area contributed by atoms with Gasteiger partial charge in [-0.2, -0.15) is 0 Å². The van der Waals surface area contributed by atoms with Crippen molar-refractivity contribution < 1.29 is 23.9 Å². The van der Waals surface area contributed by atoms with Gasteiger partial charge in [-0.05, 0) is 55.6 Å². The minimum absolute atomic E-state index is 0.0105. The van der Waals surface area contributed by atoms with E-state index in [2.05, 4.69) is 27.7 Å². The van der Waals surface area contributed by atoms with Gasteiger partial charge in [0.15, 0.2) is 0 Å². The minimum Gasteiger partial charge on any atom is -0.492 e. The Morgan fingerprint density at radius 3 is 2.68 bits per heavy atom. The van der Waals surface area contributed by atoms with Crippen molar-refractivity contribution in [2.24, 2.45) is 0 Å². The van der Waals surface area contributed by atoms with Crippen LogP contribution in [-0.2, 0) is 34.6 Å². The smallest absolute Gasteiger partial charge is 0.255 e. The van der Waals surface area contributed by atoms with Crippen LogP contribution in [0.4, 0.5) is 0 Å². The number of fused-ring (bicyclic) bond motifs is 5. The number of carbonyl (C=O) groups is 4. The number of piperidine rings is 2. The van der Waals surface area contributed by atoms with Crippen LogP contribution in [0.3, 0.4) is 0 Å². The molecular weight excluding hydrogens is 472 g/mol. The fraction of sp³-hybridized carbons (Fsp3) is 0.429. The van der Waals surface area contributed by atoms with E-state index >= 15 is 0 Å². The minimum atomic E-state index is -0.628. The maximum absolute atomic E-state index is 13.2. The van der Waals surface area contributed by atoms with E-state index < -0.39 is 11.9 Å². The largest absolute Gasteiger partial charge is 0.492 e. The van der Waals surface area contributed by atoms with E-state index in [-0.39, 0.29) is 29.6 Å². The Labute approximate surface area is 214 Å². The highest BCUT2D eigenvalue weighted by Crippen LogP contribution is 2.49. The SMILES string of the molecule is O=C1CCC(N2Cc3c(ccc4c3OCC43CCN(Cc4ccc5c(c4)C(=O)NC5)CC3)C2=O)C(=O)N1. The summed E-state index contributed by atoms with van der Waals surface area (Å²) in [7, 11) is 0. The van der Waals surface area contributed by atoms with Gasteiger partial charge in [-0.15, -0.1) is 0 Å². The molecule has 1 unspecified atom stereocenters. The first-order valence-corrected chi connectivity index (χ1v) is 13.0. The third-order valence-electron chi connectivity index (χ3n) is 8.81. The number of benzene rings is 2. The Morgan fingerprint density at radius 2 is 1.86 bits per heavy atom. The normalized spacial score (nSPS) is 24.0. The highest BCUT2D eigenvalue weighted by molar-refractivity contribution is 6.06. The predicted molar refractivity (Wildman–Crippen MR) is 132 cm³/mol. The third kappa shape index (κ3) is 3.48. The van der Waals surface area contributed by atoms with E-state index in [1.807, 2.05) is 18.2 Å². The first kappa shape index (κ1) is 22.5. The van der Waals surface area contributed by atoms with Crippen molar-refractivity contribution in [3.63, 3.8) is 0 Å². The lowest BCUT2D eigenvalue weighted by Crippen LogP contribution is -2.52.